The second-order valence-corrected chi connectivity index (χ2v) is 8.31. The number of pyridine rings is 1. The normalized spacial score (nSPS) is 21.6. The fourth-order valence-electron chi connectivity index (χ4n) is 4.45. The molecule has 9 nitrogen and oxygen atoms in total. The van der Waals surface area contributed by atoms with Crippen LogP contribution in [-0.4, -0.2) is 58.2 Å². The number of carbonyl (C=O) groups excluding carboxylic acids is 2. The number of aliphatic hydroxyl groups excluding tert-OH is 3. The summed E-state index contributed by atoms with van der Waals surface area (Å²) in [6.07, 6.45) is 2.75. The summed E-state index contributed by atoms with van der Waals surface area (Å²) >= 11 is 0. The van der Waals surface area contributed by atoms with Gasteiger partial charge in [-0.05, 0) is 24.3 Å². The van der Waals surface area contributed by atoms with Gasteiger partial charge >= 0.3 is 0 Å². The molecule has 0 fully saturated rings. The molecule has 1 aliphatic heterocycles. The van der Waals surface area contributed by atoms with Gasteiger partial charge in [0.2, 0.25) is 5.78 Å². The summed E-state index contributed by atoms with van der Waals surface area (Å²) < 4.78 is 6.01. The van der Waals surface area contributed by atoms with E-state index in [0.717, 1.165) is 11.6 Å². The second kappa shape index (κ2) is 8.44. The molecule has 174 valence electrons. The maximum atomic E-state index is 13.5. The smallest absolute Gasteiger partial charge is 0.211 e. The average molecular weight is 461 g/mol. The molecular formula is C25H23N3O6. The third-order valence-corrected chi connectivity index (χ3v) is 6.22. The highest BCUT2D eigenvalue weighted by atomic mass is 16.5. The van der Waals surface area contributed by atoms with Gasteiger partial charge in [0.25, 0.3) is 0 Å². The summed E-state index contributed by atoms with van der Waals surface area (Å²) in [6.45, 7) is 0.632. The number of carbonyl (C=O) groups is 2. The number of fused-ring (bicyclic) bond motifs is 2. The second-order valence-electron chi connectivity index (χ2n) is 8.31. The van der Waals surface area contributed by atoms with E-state index in [1.807, 2.05) is 12.1 Å². The maximum absolute atomic E-state index is 13.5. The molecule has 2 heterocycles. The number of ether oxygens (including phenoxy) is 1. The number of rotatable bonds is 4. The lowest BCUT2D eigenvalue weighted by atomic mass is 9.77. The molecule has 2 aromatic rings. The van der Waals surface area contributed by atoms with E-state index in [-0.39, 0.29) is 30.2 Å². The molecule has 5 rings (SSSR count). The van der Waals surface area contributed by atoms with Gasteiger partial charge in [0, 0.05) is 19.2 Å². The minimum absolute atomic E-state index is 0.0184. The summed E-state index contributed by atoms with van der Waals surface area (Å²) in [5.41, 5.74) is 1.23. The molecule has 0 radical (unpaired) electrons. The number of allylic oxidation sites excluding steroid dienone is 2. The van der Waals surface area contributed by atoms with Gasteiger partial charge in [-0.2, -0.15) is 0 Å². The predicted octanol–water partition coefficient (Wildman–Crippen LogP) is 1.63. The topological polar surface area (TPSA) is 123 Å². The quantitative estimate of drug-likeness (QED) is 0.623. The van der Waals surface area contributed by atoms with Gasteiger partial charge in [-0.25, -0.2) is 4.98 Å². The lowest BCUT2D eigenvalue weighted by Crippen LogP contribution is -2.42. The van der Waals surface area contributed by atoms with Crippen LogP contribution in [-0.2, 0) is 16.1 Å². The van der Waals surface area contributed by atoms with E-state index in [9.17, 15) is 24.9 Å². The number of hydrogen-bond donors (Lipinski definition) is 3. The Balaban J connectivity index is 1.67. The SMILES string of the molecule is CN(CCO)c1ccc(N2Cc3ccccc3OC3=C2C(O)=C2C(=O)C=CC(O)C2C3=O)cn1. The van der Waals surface area contributed by atoms with Crippen LogP contribution in [0.2, 0.25) is 0 Å². The van der Waals surface area contributed by atoms with Crippen LogP contribution in [0, 0.1) is 5.92 Å². The van der Waals surface area contributed by atoms with Crippen molar-refractivity contribution in [3.05, 3.63) is 83.1 Å². The zero-order chi connectivity index (χ0) is 24.0. The van der Waals surface area contributed by atoms with Crippen LogP contribution in [0.5, 0.6) is 5.75 Å². The number of Topliss-reactive ketones (excluding diaryl/α,β-unsaturated/α-hetero) is 1. The number of hydrogen-bond acceptors (Lipinski definition) is 9. The minimum Gasteiger partial charge on any atom is -0.505 e. The van der Waals surface area contributed by atoms with E-state index in [4.69, 9.17) is 4.74 Å². The average Bonchev–Trinajstić information content (AvgIpc) is 3.02. The van der Waals surface area contributed by atoms with Gasteiger partial charge in [-0.3, -0.25) is 9.59 Å². The van der Waals surface area contributed by atoms with Crippen molar-refractivity contribution in [2.24, 2.45) is 5.92 Å². The fourth-order valence-corrected chi connectivity index (χ4v) is 4.45. The number of likely N-dealkylation sites (N-methyl/N-ethyl adjacent to an activating group) is 1. The molecule has 9 heteroatoms. The van der Waals surface area contributed by atoms with Gasteiger partial charge < -0.3 is 29.9 Å². The van der Waals surface area contributed by atoms with Crippen molar-refractivity contribution >= 4 is 23.1 Å². The van der Waals surface area contributed by atoms with Crippen LogP contribution < -0.4 is 14.5 Å². The van der Waals surface area contributed by atoms with Crippen molar-refractivity contribution < 1.29 is 29.6 Å². The lowest BCUT2D eigenvalue weighted by molar-refractivity contribution is -0.125. The molecule has 2 unspecified atom stereocenters. The Kier molecular flexibility index (Phi) is 5.43. The molecule has 0 spiro atoms. The van der Waals surface area contributed by atoms with Gasteiger partial charge in [-0.15, -0.1) is 0 Å². The van der Waals surface area contributed by atoms with Crippen molar-refractivity contribution in [3.63, 3.8) is 0 Å². The Morgan fingerprint density at radius 1 is 1.21 bits per heavy atom. The number of anilines is 2. The summed E-state index contributed by atoms with van der Waals surface area (Å²) in [5, 5.41) is 30.9. The number of aliphatic hydroxyl groups is 3. The standard InChI is InChI=1S/C25H23N3O6/c1-27(10-11-29)19-9-6-15(12-26-19)28-13-14-4-2-3-5-18(14)34-25-22(28)23(32)20-16(30)7-8-17(31)21(20)24(25)33/h2-9,12,17,21,29,31-32H,10-11,13H2,1H3. The van der Waals surface area contributed by atoms with Crippen LogP contribution in [0.1, 0.15) is 5.56 Å². The Morgan fingerprint density at radius 2 is 2.00 bits per heavy atom. The van der Waals surface area contributed by atoms with E-state index in [0.29, 0.717) is 23.8 Å². The highest BCUT2D eigenvalue weighted by Gasteiger charge is 2.47. The molecule has 2 atom stereocenters. The summed E-state index contributed by atoms with van der Waals surface area (Å²) in [4.78, 5) is 34.1. The van der Waals surface area contributed by atoms with E-state index in [2.05, 4.69) is 4.98 Å². The summed E-state index contributed by atoms with van der Waals surface area (Å²) in [6, 6.07) is 10.7. The fraction of sp³-hybridized carbons (Fsp3) is 0.240. The van der Waals surface area contributed by atoms with E-state index in [1.165, 1.54) is 6.08 Å². The van der Waals surface area contributed by atoms with Gasteiger partial charge in [0.1, 0.15) is 17.3 Å². The summed E-state index contributed by atoms with van der Waals surface area (Å²) in [7, 11) is 1.80. The van der Waals surface area contributed by atoms with Crippen LogP contribution in [0.15, 0.2) is 77.5 Å². The molecule has 0 saturated heterocycles. The largest absolute Gasteiger partial charge is 0.505 e. The Morgan fingerprint density at radius 3 is 2.74 bits per heavy atom. The predicted molar refractivity (Wildman–Crippen MR) is 123 cm³/mol. The van der Waals surface area contributed by atoms with E-state index < -0.39 is 29.3 Å². The number of aromatic nitrogens is 1. The molecular weight excluding hydrogens is 438 g/mol. The number of para-hydroxylation sites is 1. The third kappa shape index (κ3) is 3.46. The first kappa shape index (κ1) is 21.9. The Hall–Kier alpha value is -3.95. The zero-order valence-electron chi connectivity index (χ0n) is 18.4. The maximum Gasteiger partial charge on any atom is 0.211 e. The number of nitrogens with zero attached hydrogens (tertiary/aromatic N) is 3. The molecule has 0 saturated carbocycles. The van der Waals surface area contributed by atoms with E-state index >= 15 is 0 Å². The Labute approximate surface area is 195 Å². The van der Waals surface area contributed by atoms with Crippen molar-refractivity contribution in [1.29, 1.82) is 0 Å². The molecule has 3 aliphatic rings. The number of ketones is 2. The first-order valence-corrected chi connectivity index (χ1v) is 10.8. The first-order valence-electron chi connectivity index (χ1n) is 10.8. The molecule has 2 aliphatic carbocycles. The zero-order valence-corrected chi connectivity index (χ0v) is 18.4. The third-order valence-electron chi connectivity index (χ3n) is 6.22. The molecule has 3 N–H and O–H groups in total. The molecule has 0 bridgehead atoms. The highest BCUT2D eigenvalue weighted by Crippen LogP contribution is 2.43. The number of benzene rings is 1. The summed E-state index contributed by atoms with van der Waals surface area (Å²) in [5.74, 6) is -1.81. The molecule has 34 heavy (non-hydrogen) atoms. The molecule has 1 aromatic heterocycles. The van der Waals surface area contributed by atoms with Crippen molar-refractivity contribution in [1.82, 2.24) is 4.98 Å². The van der Waals surface area contributed by atoms with Gasteiger partial charge in [0.15, 0.2) is 17.3 Å². The van der Waals surface area contributed by atoms with Gasteiger partial charge in [-0.1, -0.05) is 24.3 Å². The van der Waals surface area contributed by atoms with Crippen LogP contribution in [0.25, 0.3) is 0 Å². The van der Waals surface area contributed by atoms with Crippen molar-refractivity contribution in [3.8, 4) is 5.75 Å². The van der Waals surface area contributed by atoms with Crippen LogP contribution in [0.4, 0.5) is 11.5 Å². The monoisotopic (exact) mass is 461 g/mol. The molecule has 0 amide bonds. The van der Waals surface area contributed by atoms with Crippen molar-refractivity contribution in [2.75, 3.05) is 30.0 Å². The van der Waals surface area contributed by atoms with Crippen molar-refractivity contribution in [2.45, 2.75) is 12.6 Å². The minimum atomic E-state index is -1.25. The first-order chi connectivity index (χ1) is 16.4. The van der Waals surface area contributed by atoms with Crippen LogP contribution in [0.3, 0.4) is 0 Å². The highest BCUT2D eigenvalue weighted by molar-refractivity contribution is 6.15. The Bertz CT molecular complexity index is 1260. The van der Waals surface area contributed by atoms with Gasteiger partial charge in [0.05, 0.1) is 42.6 Å². The van der Waals surface area contributed by atoms with Crippen LogP contribution >= 0.6 is 0 Å². The molecule has 1 aromatic carbocycles. The lowest BCUT2D eigenvalue weighted by Gasteiger charge is -2.34. The van der Waals surface area contributed by atoms with E-state index in [1.54, 1.807) is 47.3 Å².